The summed E-state index contributed by atoms with van der Waals surface area (Å²) in [4.78, 5) is 13.8. The molecule has 0 spiro atoms. The van der Waals surface area contributed by atoms with E-state index in [9.17, 15) is 0 Å². The Morgan fingerprint density at radius 3 is 2.49 bits per heavy atom. The lowest BCUT2D eigenvalue weighted by atomic mass is 9.91. The largest absolute Gasteiger partial charge is 0.351 e. The molecule has 0 bridgehead atoms. The van der Waals surface area contributed by atoms with E-state index in [1.165, 1.54) is 0 Å². The molecule has 35 heavy (non-hydrogen) atoms. The lowest BCUT2D eigenvalue weighted by molar-refractivity contribution is 0.335. The van der Waals surface area contributed by atoms with Crippen LogP contribution in [0.4, 0.5) is 11.9 Å². The summed E-state index contributed by atoms with van der Waals surface area (Å²) >= 11 is 6.38. The first-order valence-corrected chi connectivity index (χ1v) is 12.6. The van der Waals surface area contributed by atoms with Gasteiger partial charge in [-0.2, -0.15) is 19.6 Å². The third-order valence-electron chi connectivity index (χ3n) is 6.32. The zero-order valence-electron chi connectivity index (χ0n) is 20.1. The van der Waals surface area contributed by atoms with Gasteiger partial charge in [-0.3, -0.25) is 4.98 Å². The first-order valence-electron chi connectivity index (χ1n) is 12.2. The molecule has 1 aliphatic carbocycles. The summed E-state index contributed by atoms with van der Waals surface area (Å²) in [7, 11) is 0. The topological polar surface area (TPSA) is 92.1 Å². The molecule has 1 aliphatic rings. The smallest absolute Gasteiger partial charge is 0.229 e. The monoisotopic (exact) mass is 490 g/mol. The van der Waals surface area contributed by atoms with Crippen molar-refractivity contribution in [2.24, 2.45) is 0 Å². The molecular formula is C26H31ClN8. The summed E-state index contributed by atoms with van der Waals surface area (Å²) in [5.74, 6) is 1.18. The molecule has 1 aromatic carbocycles. The van der Waals surface area contributed by atoms with Gasteiger partial charge in [0.1, 0.15) is 5.02 Å². The van der Waals surface area contributed by atoms with Crippen molar-refractivity contribution in [3.8, 4) is 11.3 Å². The maximum Gasteiger partial charge on any atom is 0.229 e. The van der Waals surface area contributed by atoms with Gasteiger partial charge in [-0.25, -0.2) is 0 Å². The molecule has 4 aromatic rings. The highest BCUT2D eigenvalue weighted by molar-refractivity contribution is 6.33. The number of fused-ring (bicyclic) bond motifs is 1. The highest BCUT2D eigenvalue weighted by Gasteiger charge is 2.22. The van der Waals surface area contributed by atoms with Crippen LogP contribution in [0.5, 0.6) is 0 Å². The molecule has 3 N–H and O–H groups in total. The average molecular weight is 491 g/mol. The fraction of sp³-hybridized carbons (Fsp3) is 0.385. The minimum absolute atomic E-state index is 0.344. The molecule has 0 aliphatic heterocycles. The molecule has 0 unspecified atom stereocenters. The number of benzene rings is 1. The quantitative estimate of drug-likeness (QED) is 0.313. The van der Waals surface area contributed by atoms with Gasteiger partial charge in [0.25, 0.3) is 0 Å². The molecule has 8 nitrogen and oxygen atoms in total. The van der Waals surface area contributed by atoms with Crippen molar-refractivity contribution in [2.75, 3.05) is 10.6 Å². The molecule has 0 atom stereocenters. The molecule has 3 heterocycles. The van der Waals surface area contributed by atoms with Gasteiger partial charge >= 0.3 is 0 Å². The number of nitrogens with one attached hydrogen (secondary N) is 3. The van der Waals surface area contributed by atoms with E-state index in [1.807, 2.05) is 18.2 Å². The minimum Gasteiger partial charge on any atom is -0.351 e. The SMILES string of the molecule is CC(C)NC1CCC(Nc2nc(NCc3ccc(-c4ccccn4)cc3)n3ncc(Cl)c3n2)CC1. The van der Waals surface area contributed by atoms with Crippen LogP contribution in [0.1, 0.15) is 45.1 Å². The highest BCUT2D eigenvalue weighted by Crippen LogP contribution is 2.24. The van der Waals surface area contributed by atoms with Gasteiger partial charge in [-0.15, -0.1) is 0 Å². The molecule has 1 saturated carbocycles. The van der Waals surface area contributed by atoms with Crippen LogP contribution in [-0.4, -0.2) is 42.7 Å². The highest BCUT2D eigenvalue weighted by atomic mass is 35.5. The average Bonchev–Trinajstić information content (AvgIpc) is 3.25. The van der Waals surface area contributed by atoms with E-state index in [-0.39, 0.29) is 0 Å². The standard InChI is InChI=1S/C26H31ClN8/c1-17(2)31-20-10-12-21(13-11-20)32-25-33-24-22(27)16-30-35(24)26(34-25)29-15-18-6-8-19(9-7-18)23-5-3-4-14-28-23/h3-9,14,16-17,20-21,31H,10-13,15H2,1-2H3,(H2,29,32,33,34). The predicted octanol–water partition coefficient (Wildman–Crippen LogP) is 5.17. The predicted molar refractivity (Wildman–Crippen MR) is 141 cm³/mol. The van der Waals surface area contributed by atoms with Crippen LogP contribution in [0.3, 0.4) is 0 Å². The number of hydrogen-bond acceptors (Lipinski definition) is 7. The number of pyridine rings is 1. The van der Waals surface area contributed by atoms with Gasteiger partial charge in [0, 0.05) is 36.4 Å². The molecule has 3 aromatic heterocycles. The molecule has 0 radical (unpaired) electrons. The van der Waals surface area contributed by atoms with Crippen molar-refractivity contribution in [1.82, 2.24) is 29.9 Å². The van der Waals surface area contributed by atoms with Crippen LogP contribution in [0.15, 0.2) is 54.9 Å². The summed E-state index contributed by atoms with van der Waals surface area (Å²) in [5.41, 5.74) is 3.76. The van der Waals surface area contributed by atoms with Crippen molar-refractivity contribution < 1.29 is 0 Å². The maximum absolute atomic E-state index is 6.38. The van der Waals surface area contributed by atoms with Gasteiger partial charge in [-0.05, 0) is 43.4 Å². The van der Waals surface area contributed by atoms with E-state index in [0.717, 1.165) is 42.5 Å². The Kier molecular flexibility index (Phi) is 7.11. The number of aromatic nitrogens is 5. The Morgan fingerprint density at radius 1 is 1.00 bits per heavy atom. The Morgan fingerprint density at radius 2 is 1.77 bits per heavy atom. The molecule has 1 fully saturated rings. The number of rotatable bonds is 8. The van der Waals surface area contributed by atoms with Crippen molar-refractivity contribution >= 4 is 29.1 Å². The van der Waals surface area contributed by atoms with Gasteiger partial charge < -0.3 is 16.0 Å². The molecule has 0 saturated heterocycles. The van der Waals surface area contributed by atoms with Crippen LogP contribution in [0.25, 0.3) is 16.9 Å². The van der Waals surface area contributed by atoms with Crippen LogP contribution < -0.4 is 16.0 Å². The van der Waals surface area contributed by atoms with Crippen molar-refractivity contribution in [1.29, 1.82) is 0 Å². The summed E-state index contributed by atoms with van der Waals surface area (Å²) in [6.45, 7) is 5.00. The Hall–Kier alpha value is -3.23. The van der Waals surface area contributed by atoms with Gasteiger partial charge in [0.15, 0.2) is 5.65 Å². The van der Waals surface area contributed by atoms with E-state index >= 15 is 0 Å². The maximum atomic E-state index is 6.38. The van der Waals surface area contributed by atoms with Gasteiger partial charge in [-0.1, -0.05) is 55.8 Å². The van der Waals surface area contributed by atoms with Crippen LogP contribution >= 0.6 is 11.6 Å². The molecule has 5 rings (SSSR count). The van der Waals surface area contributed by atoms with E-state index in [1.54, 1.807) is 16.9 Å². The number of anilines is 2. The summed E-state index contributed by atoms with van der Waals surface area (Å²) in [6, 6.07) is 15.7. The summed E-state index contributed by atoms with van der Waals surface area (Å²) < 4.78 is 1.65. The van der Waals surface area contributed by atoms with E-state index < -0.39 is 0 Å². The van der Waals surface area contributed by atoms with Crippen molar-refractivity contribution in [3.05, 3.63) is 65.4 Å². The molecule has 9 heteroatoms. The van der Waals surface area contributed by atoms with Gasteiger partial charge in [0.2, 0.25) is 11.9 Å². The second-order valence-corrected chi connectivity index (χ2v) is 9.79. The van der Waals surface area contributed by atoms with Crippen molar-refractivity contribution in [2.45, 2.75) is 64.2 Å². The second-order valence-electron chi connectivity index (χ2n) is 9.38. The zero-order chi connectivity index (χ0) is 24.2. The van der Waals surface area contributed by atoms with Crippen LogP contribution in [0.2, 0.25) is 5.02 Å². The summed E-state index contributed by atoms with van der Waals surface area (Å²) in [5, 5.41) is 15.5. The number of halogens is 1. The molecular weight excluding hydrogens is 460 g/mol. The first-order chi connectivity index (χ1) is 17.0. The zero-order valence-corrected chi connectivity index (χ0v) is 20.8. The normalized spacial score (nSPS) is 18.2. The number of hydrogen-bond donors (Lipinski definition) is 3. The number of nitrogens with zero attached hydrogens (tertiary/aromatic N) is 5. The third kappa shape index (κ3) is 5.71. The third-order valence-corrected chi connectivity index (χ3v) is 6.59. The lowest BCUT2D eigenvalue weighted by Crippen LogP contribution is -2.40. The van der Waals surface area contributed by atoms with Crippen LogP contribution in [-0.2, 0) is 6.54 Å². The second kappa shape index (κ2) is 10.6. The van der Waals surface area contributed by atoms with E-state index in [4.69, 9.17) is 16.6 Å². The lowest BCUT2D eigenvalue weighted by Gasteiger charge is -2.31. The van der Waals surface area contributed by atoms with Gasteiger partial charge in [0.05, 0.1) is 11.9 Å². The summed E-state index contributed by atoms with van der Waals surface area (Å²) in [6.07, 6.45) is 7.86. The Balaban J connectivity index is 1.27. The minimum atomic E-state index is 0.344. The van der Waals surface area contributed by atoms with E-state index in [0.29, 0.717) is 47.2 Å². The van der Waals surface area contributed by atoms with Crippen molar-refractivity contribution in [3.63, 3.8) is 0 Å². The molecule has 0 amide bonds. The fourth-order valence-electron chi connectivity index (χ4n) is 4.60. The van der Waals surface area contributed by atoms with E-state index in [2.05, 4.69) is 69.1 Å². The van der Waals surface area contributed by atoms with Crippen LogP contribution in [0, 0.1) is 0 Å². The molecule has 182 valence electrons. The Labute approximate surface area is 210 Å². The fourth-order valence-corrected chi connectivity index (χ4v) is 4.76. The Bertz CT molecular complexity index is 1250. The first kappa shape index (κ1) is 23.5.